The molecule has 1 aromatic carbocycles. The molecular formula is C16H15ClN2O2. The number of amides is 2. The lowest BCUT2D eigenvalue weighted by Gasteiger charge is -2.18. The predicted molar refractivity (Wildman–Crippen MR) is 79.5 cm³/mol. The molecular weight excluding hydrogens is 288 g/mol. The highest BCUT2D eigenvalue weighted by Gasteiger charge is 2.59. The van der Waals surface area contributed by atoms with Gasteiger partial charge in [-0.25, -0.2) is 0 Å². The maximum Gasteiger partial charge on any atom is 0.235 e. The van der Waals surface area contributed by atoms with Crippen LogP contribution in [0.25, 0.3) is 0 Å². The van der Waals surface area contributed by atoms with Crippen molar-refractivity contribution in [2.45, 2.75) is 6.42 Å². The molecule has 4 rings (SSSR count). The van der Waals surface area contributed by atoms with Crippen molar-refractivity contribution in [3.63, 3.8) is 0 Å². The van der Waals surface area contributed by atoms with E-state index < -0.39 is 0 Å². The van der Waals surface area contributed by atoms with Crippen molar-refractivity contribution < 1.29 is 9.59 Å². The van der Waals surface area contributed by atoms with Crippen molar-refractivity contribution in [1.29, 1.82) is 0 Å². The minimum Gasteiger partial charge on any atom is -0.367 e. The number of rotatable bonds is 3. The third-order valence-electron chi connectivity index (χ3n) is 4.83. The predicted octanol–water partition coefficient (Wildman–Crippen LogP) is 2.52. The smallest absolute Gasteiger partial charge is 0.235 e. The fraction of sp³-hybridized carbons (Fsp3) is 0.375. The summed E-state index contributed by atoms with van der Waals surface area (Å²) in [6.45, 7) is 0.213. The van der Waals surface area contributed by atoms with Crippen LogP contribution in [0.3, 0.4) is 0 Å². The zero-order valence-electron chi connectivity index (χ0n) is 11.3. The zero-order chi connectivity index (χ0) is 14.6. The van der Waals surface area contributed by atoms with Gasteiger partial charge in [0, 0.05) is 10.7 Å². The molecule has 0 aromatic heterocycles. The fourth-order valence-corrected chi connectivity index (χ4v) is 4.08. The third-order valence-corrected chi connectivity index (χ3v) is 5.06. The van der Waals surface area contributed by atoms with Crippen LogP contribution in [0.2, 0.25) is 5.02 Å². The third kappa shape index (κ3) is 1.89. The number of anilines is 1. The molecule has 0 radical (unpaired) electrons. The van der Waals surface area contributed by atoms with Crippen LogP contribution in [0, 0.1) is 23.7 Å². The number of nitrogens with one attached hydrogen (secondary N) is 1. The van der Waals surface area contributed by atoms with E-state index >= 15 is 0 Å². The Bertz CT molecular complexity index is 627. The highest BCUT2D eigenvalue weighted by Crippen LogP contribution is 2.52. The Morgan fingerprint density at radius 1 is 1.14 bits per heavy atom. The molecule has 2 fully saturated rings. The molecule has 1 aliphatic heterocycles. The summed E-state index contributed by atoms with van der Waals surface area (Å²) in [4.78, 5) is 26.3. The van der Waals surface area contributed by atoms with E-state index in [1.807, 2.05) is 12.1 Å². The quantitative estimate of drug-likeness (QED) is 0.689. The van der Waals surface area contributed by atoms with Crippen molar-refractivity contribution in [2.24, 2.45) is 23.7 Å². The Labute approximate surface area is 127 Å². The molecule has 5 heteroatoms. The summed E-state index contributed by atoms with van der Waals surface area (Å²) in [5.74, 6) is 0.190. The normalized spacial score (nSPS) is 32.9. The largest absolute Gasteiger partial charge is 0.367 e. The Balaban J connectivity index is 1.50. The second-order valence-corrected chi connectivity index (χ2v) is 6.39. The van der Waals surface area contributed by atoms with Gasteiger partial charge in [-0.15, -0.1) is 0 Å². The highest BCUT2D eigenvalue weighted by atomic mass is 35.5. The number of carbonyl (C=O) groups excluding carboxylic acids is 2. The molecule has 2 bridgehead atoms. The van der Waals surface area contributed by atoms with E-state index in [1.165, 1.54) is 4.90 Å². The monoisotopic (exact) mass is 302 g/mol. The lowest BCUT2D eigenvalue weighted by Crippen LogP contribution is -2.37. The Kier molecular flexibility index (Phi) is 2.82. The minimum atomic E-state index is -0.131. The van der Waals surface area contributed by atoms with Gasteiger partial charge in [-0.3, -0.25) is 14.5 Å². The first-order valence-corrected chi connectivity index (χ1v) is 7.56. The number of imide groups is 1. The maximum atomic E-state index is 12.5. The van der Waals surface area contributed by atoms with E-state index in [0.717, 1.165) is 12.1 Å². The van der Waals surface area contributed by atoms with Crippen LogP contribution in [-0.4, -0.2) is 23.4 Å². The first kappa shape index (κ1) is 12.9. The molecule has 0 unspecified atom stereocenters. The SMILES string of the molecule is O=C1[C@@H]2[C@H](C(=O)N1CNc1cccc(Cl)c1)[C@@H]1C=C[C@H]2C1. The minimum absolute atomic E-state index is 0.0311. The van der Waals surface area contributed by atoms with E-state index in [2.05, 4.69) is 17.5 Å². The first-order valence-electron chi connectivity index (χ1n) is 7.18. The molecule has 0 spiro atoms. The molecule has 3 aliphatic rings. The molecule has 1 saturated carbocycles. The molecule has 2 amide bonds. The summed E-state index contributed by atoms with van der Waals surface area (Å²) in [7, 11) is 0. The molecule has 4 atom stereocenters. The van der Waals surface area contributed by atoms with Crippen LogP contribution < -0.4 is 5.32 Å². The van der Waals surface area contributed by atoms with Crippen LogP contribution in [0.4, 0.5) is 5.69 Å². The zero-order valence-corrected chi connectivity index (χ0v) is 12.1. The number of fused-ring (bicyclic) bond motifs is 5. The number of hydrogen-bond acceptors (Lipinski definition) is 3. The van der Waals surface area contributed by atoms with Crippen molar-refractivity contribution >= 4 is 29.1 Å². The van der Waals surface area contributed by atoms with E-state index in [1.54, 1.807) is 12.1 Å². The number of benzene rings is 1. The van der Waals surface area contributed by atoms with Gasteiger partial charge < -0.3 is 5.32 Å². The summed E-state index contributed by atoms with van der Waals surface area (Å²) < 4.78 is 0. The Hall–Kier alpha value is -1.81. The number of nitrogens with zero attached hydrogens (tertiary/aromatic N) is 1. The Morgan fingerprint density at radius 2 is 1.81 bits per heavy atom. The van der Waals surface area contributed by atoms with Crippen LogP contribution in [0.15, 0.2) is 36.4 Å². The second-order valence-electron chi connectivity index (χ2n) is 5.95. The van der Waals surface area contributed by atoms with Crippen molar-refractivity contribution in [1.82, 2.24) is 4.90 Å². The first-order chi connectivity index (χ1) is 10.1. The van der Waals surface area contributed by atoms with E-state index in [4.69, 9.17) is 11.6 Å². The standard InChI is InChI=1S/C16H15ClN2O2/c17-11-2-1-3-12(7-11)18-8-19-15(20)13-9-4-5-10(6-9)14(13)16(19)21/h1-5,7,9-10,13-14,18H,6,8H2/t9-,10+,13-,14+. The topological polar surface area (TPSA) is 49.4 Å². The summed E-state index contributed by atoms with van der Waals surface area (Å²) in [5.41, 5.74) is 0.807. The van der Waals surface area contributed by atoms with E-state index in [0.29, 0.717) is 5.02 Å². The second kappa shape index (κ2) is 4.60. The molecule has 1 saturated heterocycles. The van der Waals surface area contributed by atoms with Crippen LogP contribution in [0.1, 0.15) is 6.42 Å². The molecule has 2 aliphatic carbocycles. The van der Waals surface area contributed by atoms with Gasteiger partial charge >= 0.3 is 0 Å². The van der Waals surface area contributed by atoms with Crippen molar-refractivity contribution in [3.8, 4) is 0 Å². The average molecular weight is 303 g/mol. The highest BCUT2D eigenvalue weighted by molar-refractivity contribution is 6.30. The number of likely N-dealkylation sites (tertiary alicyclic amines) is 1. The summed E-state index contributed by atoms with van der Waals surface area (Å²) >= 11 is 5.93. The van der Waals surface area contributed by atoms with Gasteiger partial charge in [0.25, 0.3) is 0 Å². The number of hydrogen-bond donors (Lipinski definition) is 1. The average Bonchev–Trinajstić information content (AvgIpc) is 3.12. The van der Waals surface area contributed by atoms with E-state index in [-0.39, 0.29) is 42.2 Å². The van der Waals surface area contributed by atoms with Gasteiger partial charge in [0.1, 0.15) is 0 Å². The number of halogens is 1. The van der Waals surface area contributed by atoms with Gasteiger partial charge in [0.15, 0.2) is 0 Å². The van der Waals surface area contributed by atoms with Crippen LogP contribution in [-0.2, 0) is 9.59 Å². The van der Waals surface area contributed by atoms with Gasteiger partial charge in [-0.05, 0) is 36.5 Å². The van der Waals surface area contributed by atoms with Crippen molar-refractivity contribution in [3.05, 3.63) is 41.4 Å². The number of allylic oxidation sites excluding steroid dienone is 2. The Morgan fingerprint density at radius 3 is 2.43 bits per heavy atom. The van der Waals surface area contributed by atoms with Crippen molar-refractivity contribution in [2.75, 3.05) is 12.0 Å². The lowest BCUT2D eigenvalue weighted by atomic mass is 9.85. The summed E-state index contributed by atoms with van der Waals surface area (Å²) in [6.07, 6.45) is 5.16. The van der Waals surface area contributed by atoms with Gasteiger partial charge in [-0.1, -0.05) is 29.8 Å². The summed E-state index contributed by atoms with van der Waals surface area (Å²) in [6, 6.07) is 7.26. The van der Waals surface area contributed by atoms with Gasteiger partial charge in [0.2, 0.25) is 11.8 Å². The maximum absolute atomic E-state index is 12.5. The fourth-order valence-electron chi connectivity index (χ4n) is 3.89. The van der Waals surface area contributed by atoms with Gasteiger partial charge in [-0.2, -0.15) is 0 Å². The van der Waals surface area contributed by atoms with Gasteiger partial charge in [0.05, 0.1) is 18.5 Å². The molecule has 4 nitrogen and oxygen atoms in total. The van der Waals surface area contributed by atoms with Crippen LogP contribution >= 0.6 is 11.6 Å². The van der Waals surface area contributed by atoms with Crippen LogP contribution in [0.5, 0.6) is 0 Å². The summed E-state index contributed by atoms with van der Waals surface area (Å²) in [5, 5.41) is 3.73. The number of carbonyl (C=O) groups is 2. The molecule has 1 aromatic rings. The lowest BCUT2D eigenvalue weighted by molar-refractivity contribution is -0.140. The molecule has 21 heavy (non-hydrogen) atoms. The van der Waals surface area contributed by atoms with E-state index in [9.17, 15) is 9.59 Å². The molecule has 1 heterocycles. The molecule has 1 N–H and O–H groups in total. The molecule has 108 valence electrons.